The van der Waals surface area contributed by atoms with Crippen LogP contribution in [-0.2, 0) is 18.8 Å². The van der Waals surface area contributed by atoms with E-state index in [1.54, 1.807) is 0 Å². The number of carboxylic acid groups (broad SMARTS) is 1. The van der Waals surface area contributed by atoms with Crippen LogP contribution in [0.1, 0.15) is 33.6 Å². The second-order valence-corrected chi connectivity index (χ2v) is 11.0. The molecule has 6 heteroatoms. The van der Waals surface area contributed by atoms with Crippen molar-refractivity contribution in [3.05, 3.63) is 12.7 Å². The van der Waals surface area contributed by atoms with Gasteiger partial charge in [0.1, 0.15) is 6.61 Å². The van der Waals surface area contributed by atoms with Crippen LogP contribution in [-0.4, -0.2) is 38.1 Å². The first-order valence-electron chi connectivity index (χ1n) is 6.65. The van der Waals surface area contributed by atoms with Crippen LogP contribution in [0.15, 0.2) is 12.7 Å². The molecular weight excluding hydrogens is 276 g/mol. The molecule has 0 aliphatic carbocycles. The van der Waals surface area contributed by atoms with Gasteiger partial charge in [-0.05, 0) is 18.1 Å². The van der Waals surface area contributed by atoms with E-state index in [0.29, 0.717) is 0 Å². The van der Waals surface area contributed by atoms with Gasteiger partial charge < -0.3 is 14.3 Å². The molecule has 20 heavy (non-hydrogen) atoms. The van der Waals surface area contributed by atoms with Gasteiger partial charge in [-0.1, -0.05) is 33.4 Å². The average molecular weight is 302 g/mol. The SMILES string of the molecule is C=CCOC(=O)CC(CC(=O)O)O[Si](C)(C)C(C)(C)C. The Morgan fingerprint density at radius 3 is 2.25 bits per heavy atom. The summed E-state index contributed by atoms with van der Waals surface area (Å²) in [6.45, 7) is 13.8. The van der Waals surface area contributed by atoms with E-state index >= 15 is 0 Å². The van der Waals surface area contributed by atoms with E-state index in [9.17, 15) is 9.59 Å². The number of ether oxygens (including phenoxy) is 1. The van der Waals surface area contributed by atoms with Crippen molar-refractivity contribution in [2.45, 2.75) is 57.8 Å². The molecule has 116 valence electrons. The molecule has 1 unspecified atom stereocenters. The predicted molar refractivity (Wildman–Crippen MR) is 80.1 cm³/mol. The fraction of sp³-hybridized carbons (Fsp3) is 0.714. The van der Waals surface area contributed by atoms with E-state index < -0.39 is 26.4 Å². The molecule has 0 spiro atoms. The van der Waals surface area contributed by atoms with Crippen molar-refractivity contribution >= 4 is 20.3 Å². The van der Waals surface area contributed by atoms with Gasteiger partial charge in [0.05, 0.1) is 18.9 Å². The van der Waals surface area contributed by atoms with Crippen molar-refractivity contribution in [3.63, 3.8) is 0 Å². The zero-order valence-corrected chi connectivity index (χ0v) is 14.1. The molecule has 0 aliphatic heterocycles. The Morgan fingerprint density at radius 1 is 1.30 bits per heavy atom. The molecule has 5 nitrogen and oxygen atoms in total. The van der Waals surface area contributed by atoms with Crippen molar-refractivity contribution < 1.29 is 23.9 Å². The lowest BCUT2D eigenvalue weighted by atomic mass is 10.2. The van der Waals surface area contributed by atoms with Crippen molar-refractivity contribution in [1.82, 2.24) is 0 Å². The van der Waals surface area contributed by atoms with E-state index in [0.717, 1.165) is 0 Å². The van der Waals surface area contributed by atoms with Crippen LogP contribution in [0.3, 0.4) is 0 Å². The van der Waals surface area contributed by atoms with Gasteiger partial charge in [-0.3, -0.25) is 9.59 Å². The summed E-state index contributed by atoms with van der Waals surface area (Å²) in [5.74, 6) is -1.44. The quantitative estimate of drug-likeness (QED) is 0.424. The van der Waals surface area contributed by atoms with E-state index in [4.69, 9.17) is 14.3 Å². The lowest BCUT2D eigenvalue weighted by Gasteiger charge is -2.38. The molecule has 0 aromatic carbocycles. The zero-order chi connectivity index (χ0) is 16.0. The summed E-state index contributed by atoms with van der Waals surface area (Å²) in [6.07, 6.45) is 0.576. The Kier molecular flexibility index (Phi) is 7.16. The third kappa shape index (κ3) is 6.86. The molecule has 1 atom stereocenters. The fourth-order valence-electron chi connectivity index (χ4n) is 1.34. The summed E-state index contributed by atoms with van der Waals surface area (Å²) in [4.78, 5) is 22.5. The summed E-state index contributed by atoms with van der Waals surface area (Å²) in [6, 6.07) is 0. The van der Waals surface area contributed by atoms with Gasteiger partial charge >= 0.3 is 11.9 Å². The molecule has 0 aromatic rings. The van der Waals surface area contributed by atoms with Crippen LogP contribution >= 0.6 is 0 Å². The minimum Gasteiger partial charge on any atom is -0.481 e. The summed E-state index contributed by atoms with van der Waals surface area (Å²) < 4.78 is 10.9. The molecule has 0 rings (SSSR count). The maximum absolute atomic E-state index is 11.6. The van der Waals surface area contributed by atoms with E-state index in [1.165, 1.54) is 6.08 Å². The Hall–Kier alpha value is -1.14. The highest BCUT2D eigenvalue weighted by Crippen LogP contribution is 2.38. The number of hydrogen-bond donors (Lipinski definition) is 1. The summed E-state index contributed by atoms with van der Waals surface area (Å²) in [7, 11) is -2.12. The smallest absolute Gasteiger partial charge is 0.308 e. The monoisotopic (exact) mass is 302 g/mol. The zero-order valence-electron chi connectivity index (χ0n) is 13.1. The number of hydrogen-bond acceptors (Lipinski definition) is 4. The number of esters is 1. The maximum atomic E-state index is 11.6. The van der Waals surface area contributed by atoms with Gasteiger partial charge in [-0.2, -0.15) is 0 Å². The number of carbonyl (C=O) groups is 2. The highest BCUT2D eigenvalue weighted by Gasteiger charge is 2.40. The highest BCUT2D eigenvalue weighted by molar-refractivity contribution is 6.74. The molecule has 0 saturated carbocycles. The van der Waals surface area contributed by atoms with Crippen molar-refractivity contribution in [3.8, 4) is 0 Å². The van der Waals surface area contributed by atoms with Gasteiger partial charge in [0.25, 0.3) is 0 Å². The Bertz CT molecular complexity index is 357. The second-order valence-electron chi connectivity index (χ2n) is 6.27. The Balaban J connectivity index is 4.77. The topological polar surface area (TPSA) is 72.8 Å². The molecule has 0 aromatic heterocycles. The van der Waals surface area contributed by atoms with Crippen LogP contribution in [0.2, 0.25) is 18.1 Å². The molecule has 0 aliphatic rings. The second kappa shape index (κ2) is 7.59. The maximum Gasteiger partial charge on any atom is 0.308 e. The van der Waals surface area contributed by atoms with Gasteiger partial charge in [-0.15, -0.1) is 0 Å². The van der Waals surface area contributed by atoms with Gasteiger partial charge in [0.15, 0.2) is 8.32 Å². The fourth-order valence-corrected chi connectivity index (χ4v) is 2.69. The van der Waals surface area contributed by atoms with Gasteiger partial charge in [-0.25, -0.2) is 0 Å². The van der Waals surface area contributed by atoms with E-state index in [-0.39, 0.29) is 24.5 Å². The first kappa shape index (κ1) is 18.9. The lowest BCUT2D eigenvalue weighted by Crippen LogP contribution is -2.45. The standard InChI is InChI=1S/C14H26O5Si/c1-7-8-18-13(17)10-11(9-12(15)16)19-20(5,6)14(2,3)4/h7,11H,1,8-10H2,2-6H3,(H,15,16). The first-order chi connectivity index (χ1) is 8.99. The van der Waals surface area contributed by atoms with Crippen LogP contribution in [0.5, 0.6) is 0 Å². The summed E-state index contributed by atoms with van der Waals surface area (Å²) in [5.41, 5.74) is 0. The number of aliphatic carboxylic acids is 1. The van der Waals surface area contributed by atoms with E-state index in [1.807, 2.05) is 13.1 Å². The molecule has 0 fully saturated rings. The summed E-state index contributed by atoms with van der Waals surface area (Å²) >= 11 is 0. The third-order valence-corrected chi connectivity index (χ3v) is 7.96. The number of rotatable bonds is 8. The van der Waals surface area contributed by atoms with Crippen LogP contribution in [0, 0.1) is 0 Å². The predicted octanol–water partition coefficient (Wildman–Crippen LogP) is 2.97. The molecule has 0 heterocycles. The summed E-state index contributed by atoms with van der Waals surface area (Å²) in [5, 5.41) is 8.89. The van der Waals surface area contributed by atoms with Crippen LogP contribution in [0.25, 0.3) is 0 Å². The van der Waals surface area contributed by atoms with Crippen molar-refractivity contribution in [2.24, 2.45) is 0 Å². The molecule has 1 N–H and O–H groups in total. The number of carbonyl (C=O) groups excluding carboxylic acids is 1. The highest BCUT2D eigenvalue weighted by atomic mass is 28.4. The first-order valence-corrected chi connectivity index (χ1v) is 9.56. The molecule has 0 saturated heterocycles. The van der Waals surface area contributed by atoms with Crippen molar-refractivity contribution in [2.75, 3.05) is 6.61 Å². The Morgan fingerprint density at radius 2 is 1.85 bits per heavy atom. The van der Waals surface area contributed by atoms with Crippen LogP contribution < -0.4 is 0 Å². The molecule has 0 radical (unpaired) electrons. The number of carboxylic acids is 1. The molecular formula is C14H26O5Si. The van der Waals surface area contributed by atoms with E-state index in [2.05, 4.69) is 27.4 Å². The average Bonchev–Trinajstić information content (AvgIpc) is 2.22. The van der Waals surface area contributed by atoms with Gasteiger partial charge in [0, 0.05) is 0 Å². The minimum absolute atomic E-state index is 0.0469. The van der Waals surface area contributed by atoms with Crippen LogP contribution in [0.4, 0.5) is 0 Å². The van der Waals surface area contributed by atoms with Gasteiger partial charge in [0.2, 0.25) is 0 Å². The normalized spacial score (nSPS) is 13.7. The third-order valence-electron chi connectivity index (χ3n) is 3.43. The largest absolute Gasteiger partial charge is 0.481 e. The molecule has 0 amide bonds. The minimum atomic E-state index is -2.12. The molecule has 0 bridgehead atoms. The Labute approximate surface area is 122 Å². The van der Waals surface area contributed by atoms with Crippen molar-refractivity contribution in [1.29, 1.82) is 0 Å². The lowest BCUT2D eigenvalue weighted by molar-refractivity contribution is -0.145.